The molecule has 0 aromatic heterocycles. The van der Waals surface area contributed by atoms with Gasteiger partial charge in [0.1, 0.15) is 6.04 Å². The summed E-state index contributed by atoms with van der Waals surface area (Å²) in [5.74, 6) is -2.58. The molecule has 21 heavy (non-hydrogen) atoms. The second kappa shape index (κ2) is 5.97. The maximum atomic E-state index is 12.2. The van der Waals surface area contributed by atoms with Crippen LogP contribution in [-0.4, -0.2) is 46.4 Å². The Morgan fingerprint density at radius 1 is 1.38 bits per heavy atom. The van der Waals surface area contributed by atoms with Gasteiger partial charge in [-0.3, -0.25) is 4.79 Å². The van der Waals surface area contributed by atoms with Crippen LogP contribution in [0, 0.1) is 0 Å². The van der Waals surface area contributed by atoms with Crippen molar-refractivity contribution < 1.29 is 27.9 Å². The molecule has 1 aromatic rings. The number of benzene rings is 1. The summed E-state index contributed by atoms with van der Waals surface area (Å²) in [5.41, 5.74) is 0.202. The Morgan fingerprint density at radius 2 is 2.10 bits per heavy atom. The summed E-state index contributed by atoms with van der Waals surface area (Å²) in [5, 5.41) is 8.90. The second-order valence-electron chi connectivity index (χ2n) is 4.57. The summed E-state index contributed by atoms with van der Waals surface area (Å²) < 4.78 is 36.5. The monoisotopic (exact) mass is 319 g/mol. The molecule has 1 aromatic carbocycles. The number of aliphatic carboxylic acids is 1. The van der Waals surface area contributed by atoms with Crippen molar-refractivity contribution in [1.29, 1.82) is 0 Å². The zero-order valence-corrected chi connectivity index (χ0v) is 11.6. The molecule has 1 amide bonds. The van der Waals surface area contributed by atoms with Crippen molar-refractivity contribution in [2.45, 2.75) is 23.5 Å². The predicted molar refractivity (Wildman–Crippen MR) is 70.3 cm³/mol. The van der Waals surface area contributed by atoms with E-state index in [0.29, 0.717) is 29.6 Å². The summed E-state index contributed by atoms with van der Waals surface area (Å²) in [6.07, 6.45) is -3.89. The molecule has 0 unspecified atom stereocenters. The number of hydrogen-bond acceptors (Lipinski definition) is 3. The highest BCUT2D eigenvalue weighted by molar-refractivity contribution is 7.99. The lowest BCUT2D eigenvalue weighted by Gasteiger charge is -2.38. The minimum Gasteiger partial charge on any atom is -0.480 e. The molecule has 0 spiro atoms. The van der Waals surface area contributed by atoms with E-state index in [1.165, 1.54) is 29.2 Å². The van der Waals surface area contributed by atoms with Crippen LogP contribution in [0.5, 0.6) is 0 Å². The predicted octanol–water partition coefficient (Wildman–Crippen LogP) is 2.64. The molecule has 1 fully saturated rings. The minimum atomic E-state index is -4.28. The number of carboxylic acid groups (broad SMARTS) is 1. The molecule has 1 atom stereocenters. The van der Waals surface area contributed by atoms with Gasteiger partial charge in [-0.05, 0) is 24.6 Å². The first-order valence-corrected chi connectivity index (χ1v) is 7.10. The van der Waals surface area contributed by atoms with Gasteiger partial charge in [-0.1, -0.05) is 6.07 Å². The van der Waals surface area contributed by atoms with Crippen molar-refractivity contribution in [1.82, 2.24) is 4.90 Å². The van der Waals surface area contributed by atoms with E-state index >= 15 is 0 Å². The quantitative estimate of drug-likeness (QED) is 0.867. The SMILES string of the molecule is O=C(O)[C@H]1CCN1C(=O)c1cccc(SCC(F)(F)F)c1. The van der Waals surface area contributed by atoms with Gasteiger partial charge < -0.3 is 10.0 Å². The van der Waals surface area contributed by atoms with Gasteiger partial charge in [-0.2, -0.15) is 13.2 Å². The first-order chi connectivity index (χ1) is 9.78. The molecule has 1 saturated heterocycles. The number of likely N-dealkylation sites (tertiary alicyclic amines) is 1. The molecule has 2 rings (SSSR count). The van der Waals surface area contributed by atoms with Gasteiger partial charge in [0.15, 0.2) is 0 Å². The number of halogens is 3. The highest BCUT2D eigenvalue weighted by Gasteiger charge is 2.38. The van der Waals surface area contributed by atoms with Gasteiger partial charge in [-0.25, -0.2) is 4.79 Å². The van der Waals surface area contributed by atoms with E-state index < -0.39 is 29.8 Å². The lowest BCUT2D eigenvalue weighted by atomic mass is 10.0. The van der Waals surface area contributed by atoms with Gasteiger partial charge in [0.2, 0.25) is 0 Å². The molecule has 1 heterocycles. The Bertz CT molecular complexity index is 562. The standard InChI is InChI=1S/C13H12F3NO3S/c14-13(15,16)7-21-9-3-1-2-8(6-9)11(18)17-5-4-10(17)12(19)20/h1-3,6,10H,4-5,7H2,(H,19,20)/t10-/m1/s1. The molecule has 1 aliphatic heterocycles. The number of carbonyl (C=O) groups excluding carboxylic acids is 1. The lowest BCUT2D eigenvalue weighted by molar-refractivity contribution is -0.146. The zero-order valence-electron chi connectivity index (χ0n) is 10.8. The largest absolute Gasteiger partial charge is 0.480 e. The van der Waals surface area contributed by atoms with Gasteiger partial charge in [0.05, 0.1) is 5.75 Å². The summed E-state index contributed by atoms with van der Waals surface area (Å²) >= 11 is 0.591. The average molecular weight is 319 g/mol. The Kier molecular flexibility index (Phi) is 4.46. The van der Waals surface area contributed by atoms with Crippen molar-refractivity contribution in [3.05, 3.63) is 29.8 Å². The fraction of sp³-hybridized carbons (Fsp3) is 0.385. The molecule has 1 aliphatic rings. The molecule has 114 valence electrons. The van der Waals surface area contributed by atoms with Crippen molar-refractivity contribution in [3.8, 4) is 0 Å². The summed E-state index contributed by atoms with van der Waals surface area (Å²) in [6.45, 7) is 0.343. The molecule has 0 saturated carbocycles. The van der Waals surface area contributed by atoms with E-state index in [1.807, 2.05) is 0 Å². The molecule has 0 radical (unpaired) electrons. The minimum absolute atomic E-state index is 0.202. The van der Waals surface area contributed by atoms with Crippen LogP contribution in [0.1, 0.15) is 16.8 Å². The molecule has 4 nitrogen and oxygen atoms in total. The van der Waals surface area contributed by atoms with Gasteiger partial charge >= 0.3 is 12.1 Å². The first-order valence-electron chi connectivity index (χ1n) is 6.11. The fourth-order valence-corrected chi connectivity index (χ4v) is 2.65. The van der Waals surface area contributed by atoms with Crippen molar-refractivity contribution >= 4 is 23.6 Å². The number of carboxylic acids is 1. The Morgan fingerprint density at radius 3 is 2.62 bits per heavy atom. The van der Waals surface area contributed by atoms with Crippen LogP contribution >= 0.6 is 11.8 Å². The number of nitrogens with zero attached hydrogens (tertiary/aromatic N) is 1. The fourth-order valence-electron chi connectivity index (χ4n) is 1.94. The number of thioether (sulfide) groups is 1. The number of rotatable bonds is 4. The van der Waals surface area contributed by atoms with Crippen LogP contribution in [0.25, 0.3) is 0 Å². The van der Waals surface area contributed by atoms with E-state index in [2.05, 4.69) is 0 Å². The third-order valence-electron chi connectivity index (χ3n) is 3.05. The van der Waals surface area contributed by atoms with Crippen LogP contribution in [0.4, 0.5) is 13.2 Å². The Hall–Kier alpha value is -1.70. The Labute approximate surface area is 122 Å². The lowest BCUT2D eigenvalue weighted by Crippen LogP contribution is -2.55. The number of carbonyl (C=O) groups is 2. The van der Waals surface area contributed by atoms with E-state index in [1.54, 1.807) is 0 Å². The molecule has 8 heteroatoms. The highest BCUT2D eigenvalue weighted by atomic mass is 32.2. The second-order valence-corrected chi connectivity index (χ2v) is 5.62. The number of amides is 1. The number of hydrogen-bond donors (Lipinski definition) is 1. The third kappa shape index (κ3) is 3.90. The molecule has 0 bridgehead atoms. The molecule has 0 aliphatic carbocycles. The van der Waals surface area contributed by atoms with Crippen molar-refractivity contribution in [3.63, 3.8) is 0 Å². The van der Waals surface area contributed by atoms with Crippen LogP contribution < -0.4 is 0 Å². The maximum Gasteiger partial charge on any atom is 0.398 e. The van der Waals surface area contributed by atoms with Crippen LogP contribution in [0.15, 0.2) is 29.2 Å². The van der Waals surface area contributed by atoms with E-state index in [9.17, 15) is 22.8 Å². The molecule has 1 N–H and O–H groups in total. The summed E-state index contributed by atoms with van der Waals surface area (Å²) in [7, 11) is 0. The maximum absolute atomic E-state index is 12.2. The highest BCUT2D eigenvalue weighted by Crippen LogP contribution is 2.28. The molecular formula is C13H12F3NO3S. The van der Waals surface area contributed by atoms with Gasteiger partial charge in [-0.15, -0.1) is 11.8 Å². The number of alkyl halides is 3. The van der Waals surface area contributed by atoms with E-state index in [4.69, 9.17) is 5.11 Å². The first kappa shape index (κ1) is 15.7. The normalized spacial score (nSPS) is 18.2. The smallest absolute Gasteiger partial charge is 0.398 e. The Balaban J connectivity index is 2.07. The van der Waals surface area contributed by atoms with E-state index in [-0.39, 0.29) is 5.56 Å². The van der Waals surface area contributed by atoms with Crippen LogP contribution in [0.2, 0.25) is 0 Å². The summed E-state index contributed by atoms with van der Waals surface area (Å²) in [6, 6.07) is 4.95. The molecular weight excluding hydrogens is 307 g/mol. The zero-order chi connectivity index (χ0) is 15.6. The van der Waals surface area contributed by atoms with Crippen LogP contribution in [-0.2, 0) is 4.79 Å². The third-order valence-corrected chi connectivity index (χ3v) is 4.11. The van der Waals surface area contributed by atoms with Gasteiger partial charge in [0.25, 0.3) is 5.91 Å². The summed E-state index contributed by atoms with van der Waals surface area (Å²) in [4.78, 5) is 24.5. The van der Waals surface area contributed by atoms with Crippen molar-refractivity contribution in [2.75, 3.05) is 12.3 Å². The topological polar surface area (TPSA) is 57.6 Å². The van der Waals surface area contributed by atoms with Crippen LogP contribution in [0.3, 0.4) is 0 Å². The average Bonchev–Trinajstić information content (AvgIpc) is 2.34. The van der Waals surface area contributed by atoms with Gasteiger partial charge in [0, 0.05) is 17.0 Å². The van der Waals surface area contributed by atoms with Crippen molar-refractivity contribution in [2.24, 2.45) is 0 Å². The van der Waals surface area contributed by atoms with E-state index in [0.717, 1.165) is 0 Å².